The van der Waals surface area contributed by atoms with E-state index >= 15 is 0 Å². The summed E-state index contributed by atoms with van der Waals surface area (Å²) in [6.45, 7) is 10.1. The first-order valence-electron chi connectivity index (χ1n) is 12.3. The number of aryl methyl sites for hydroxylation is 1. The number of pyridine rings is 1. The second-order valence-corrected chi connectivity index (χ2v) is 9.21. The number of anilines is 1. The molecule has 2 unspecified atom stereocenters. The Kier molecular flexibility index (Phi) is 7.10. The van der Waals surface area contributed by atoms with Gasteiger partial charge in [0, 0.05) is 31.4 Å². The molecular weight excluding hydrogens is 388 g/mol. The van der Waals surface area contributed by atoms with Gasteiger partial charge < -0.3 is 10.6 Å². The number of carbonyl (C=O) groups is 1. The van der Waals surface area contributed by atoms with Crippen LogP contribution in [-0.2, 0) is 6.54 Å². The van der Waals surface area contributed by atoms with Crippen LogP contribution in [0.25, 0.3) is 11.0 Å². The molecular formula is C24H38N6O. The molecule has 2 N–H and O–H groups in total. The third-order valence-electron chi connectivity index (χ3n) is 7.34. The molecule has 7 heteroatoms. The van der Waals surface area contributed by atoms with Crippen molar-refractivity contribution in [3.63, 3.8) is 0 Å². The molecule has 1 aliphatic heterocycles. The molecule has 0 radical (unpaired) electrons. The van der Waals surface area contributed by atoms with Crippen LogP contribution in [0.15, 0.2) is 12.4 Å². The number of nitrogens with zero attached hydrogens (tertiary/aromatic N) is 4. The highest BCUT2D eigenvalue weighted by atomic mass is 16.1. The van der Waals surface area contributed by atoms with Crippen LogP contribution in [0.4, 0.5) is 5.69 Å². The lowest BCUT2D eigenvalue weighted by Crippen LogP contribution is -2.40. The van der Waals surface area contributed by atoms with Gasteiger partial charge in [0.25, 0.3) is 5.91 Å². The highest BCUT2D eigenvalue weighted by Gasteiger charge is 2.26. The SMILES string of the molecule is CCN1CCCC1CNC(=O)c1cnc2c(cnn2CC)c1NC(C)C1CCCCC1. The standard InChI is InChI=1S/C24H38N6O/c1-4-29-13-9-12-19(29)14-26-24(31)21-15-25-23-20(16-27-30(23)5-2)22(21)28-17(3)18-10-7-6-8-11-18/h15-19H,4-14H2,1-3H3,(H,25,28)(H,26,31). The molecule has 2 atom stereocenters. The predicted molar refractivity (Wildman–Crippen MR) is 125 cm³/mol. The monoisotopic (exact) mass is 426 g/mol. The molecule has 1 aliphatic carbocycles. The van der Waals surface area contributed by atoms with Crippen LogP contribution in [0.1, 0.15) is 76.1 Å². The zero-order valence-corrected chi connectivity index (χ0v) is 19.4. The van der Waals surface area contributed by atoms with Crippen LogP contribution >= 0.6 is 0 Å². The zero-order valence-electron chi connectivity index (χ0n) is 19.4. The molecule has 170 valence electrons. The van der Waals surface area contributed by atoms with Gasteiger partial charge >= 0.3 is 0 Å². The smallest absolute Gasteiger partial charge is 0.255 e. The van der Waals surface area contributed by atoms with E-state index in [1.54, 1.807) is 6.20 Å². The van der Waals surface area contributed by atoms with Gasteiger partial charge in [-0.3, -0.25) is 9.69 Å². The van der Waals surface area contributed by atoms with Gasteiger partial charge in [-0.05, 0) is 58.5 Å². The first-order chi connectivity index (χ1) is 15.1. The normalized spacial score (nSPS) is 21.5. The molecule has 3 heterocycles. The van der Waals surface area contributed by atoms with Gasteiger partial charge in [0.15, 0.2) is 5.65 Å². The molecule has 7 nitrogen and oxygen atoms in total. The number of likely N-dealkylation sites (N-methyl/N-ethyl adjacent to an activating group) is 1. The van der Waals surface area contributed by atoms with Gasteiger partial charge in [0.05, 0.1) is 22.8 Å². The molecule has 2 aromatic rings. The molecule has 31 heavy (non-hydrogen) atoms. The van der Waals surface area contributed by atoms with Gasteiger partial charge in [0.1, 0.15) is 0 Å². The molecule has 0 spiro atoms. The van der Waals surface area contributed by atoms with Crippen LogP contribution in [0.3, 0.4) is 0 Å². The summed E-state index contributed by atoms with van der Waals surface area (Å²) in [5.74, 6) is 0.602. The summed E-state index contributed by atoms with van der Waals surface area (Å²) in [5.41, 5.74) is 2.36. The number of hydrogen-bond donors (Lipinski definition) is 2. The van der Waals surface area contributed by atoms with Crippen molar-refractivity contribution in [3.05, 3.63) is 18.0 Å². The fourth-order valence-electron chi connectivity index (χ4n) is 5.41. The Morgan fingerprint density at radius 3 is 2.68 bits per heavy atom. The minimum atomic E-state index is -0.0417. The summed E-state index contributed by atoms with van der Waals surface area (Å²) in [4.78, 5) is 20.3. The maximum absolute atomic E-state index is 13.3. The van der Waals surface area contributed by atoms with Crippen molar-refractivity contribution in [2.45, 2.75) is 84.3 Å². The maximum atomic E-state index is 13.3. The number of aromatic nitrogens is 3. The molecule has 2 fully saturated rings. The molecule has 2 aromatic heterocycles. The summed E-state index contributed by atoms with van der Waals surface area (Å²) in [7, 11) is 0. The molecule has 4 rings (SSSR count). The second kappa shape index (κ2) is 9.98. The Balaban J connectivity index is 1.57. The number of nitrogens with one attached hydrogen (secondary N) is 2. The van der Waals surface area contributed by atoms with E-state index in [1.807, 2.05) is 10.9 Å². The Hall–Kier alpha value is -2.15. The highest BCUT2D eigenvalue weighted by Crippen LogP contribution is 2.32. The molecule has 0 aromatic carbocycles. The number of fused-ring (bicyclic) bond motifs is 1. The van der Waals surface area contributed by atoms with E-state index in [9.17, 15) is 4.79 Å². The minimum absolute atomic E-state index is 0.0417. The molecule has 0 bridgehead atoms. The number of amides is 1. The molecule has 1 saturated carbocycles. The lowest BCUT2D eigenvalue weighted by atomic mass is 9.84. The lowest BCUT2D eigenvalue weighted by Gasteiger charge is -2.30. The Morgan fingerprint density at radius 2 is 1.94 bits per heavy atom. The van der Waals surface area contributed by atoms with Crippen molar-refractivity contribution in [1.29, 1.82) is 0 Å². The van der Waals surface area contributed by atoms with Crippen molar-refractivity contribution in [2.24, 2.45) is 5.92 Å². The molecule has 2 aliphatic rings. The molecule has 1 saturated heterocycles. The van der Waals surface area contributed by atoms with Crippen molar-refractivity contribution >= 4 is 22.6 Å². The lowest BCUT2D eigenvalue weighted by molar-refractivity contribution is 0.0942. The summed E-state index contributed by atoms with van der Waals surface area (Å²) in [6.07, 6.45) is 12.4. The number of likely N-dealkylation sites (tertiary alicyclic amines) is 1. The van der Waals surface area contributed by atoms with Gasteiger partial charge in [-0.25, -0.2) is 9.67 Å². The van der Waals surface area contributed by atoms with E-state index in [0.29, 0.717) is 30.1 Å². The maximum Gasteiger partial charge on any atom is 0.255 e. The second-order valence-electron chi connectivity index (χ2n) is 9.21. The van der Waals surface area contributed by atoms with Crippen LogP contribution in [0, 0.1) is 5.92 Å². The first-order valence-corrected chi connectivity index (χ1v) is 12.3. The zero-order chi connectivity index (χ0) is 21.8. The predicted octanol–water partition coefficient (Wildman–Crippen LogP) is 4.05. The van der Waals surface area contributed by atoms with Crippen LogP contribution < -0.4 is 10.6 Å². The Bertz CT molecular complexity index is 888. The average molecular weight is 427 g/mol. The topological polar surface area (TPSA) is 75.1 Å². The largest absolute Gasteiger partial charge is 0.381 e. The van der Waals surface area contributed by atoms with Crippen molar-refractivity contribution < 1.29 is 4.79 Å². The fourth-order valence-corrected chi connectivity index (χ4v) is 5.41. The van der Waals surface area contributed by atoms with E-state index in [2.05, 4.69) is 46.4 Å². The summed E-state index contributed by atoms with van der Waals surface area (Å²) in [6, 6.07) is 0.749. The first kappa shape index (κ1) is 22.1. The minimum Gasteiger partial charge on any atom is -0.381 e. The summed E-state index contributed by atoms with van der Waals surface area (Å²) in [5, 5.41) is 12.4. The fraction of sp³-hybridized carbons (Fsp3) is 0.708. The van der Waals surface area contributed by atoms with Crippen molar-refractivity contribution in [2.75, 3.05) is 25.0 Å². The van der Waals surface area contributed by atoms with Crippen LogP contribution in [-0.4, -0.2) is 57.3 Å². The van der Waals surface area contributed by atoms with Gasteiger partial charge in [-0.2, -0.15) is 5.10 Å². The Labute approximate surface area is 186 Å². The Morgan fingerprint density at radius 1 is 1.13 bits per heavy atom. The van der Waals surface area contributed by atoms with E-state index in [4.69, 9.17) is 0 Å². The summed E-state index contributed by atoms with van der Waals surface area (Å²) >= 11 is 0. The van der Waals surface area contributed by atoms with E-state index < -0.39 is 0 Å². The van der Waals surface area contributed by atoms with Gasteiger partial charge in [-0.1, -0.05) is 26.2 Å². The van der Waals surface area contributed by atoms with E-state index in [-0.39, 0.29) is 5.91 Å². The van der Waals surface area contributed by atoms with E-state index in [1.165, 1.54) is 38.5 Å². The third kappa shape index (κ3) is 4.71. The summed E-state index contributed by atoms with van der Waals surface area (Å²) < 4.78 is 1.89. The van der Waals surface area contributed by atoms with Crippen molar-refractivity contribution in [3.8, 4) is 0 Å². The van der Waals surface area contributed by atoms with Gasteiger partial charge in [0.2, 0.25) is 0 Å². The number of hydrogen-bond acceptors (Lipinski definition) is 5. The van der Waals surface area contributed by atoms with Crippen LogP contribution in [0.5, 0.6) is 0 Å². The van der Waals surface area contributed by atoms with E-state index in [0.717, 1.165) is 42.8 Å². The third-order valence-corrected chi connectivity index (χ3v) is 7.34. The highest BCUT2D eigenvalue weighted by molar-refractivity contribution is 6.06. The van der Waals surface area contributed by atoms with Crippen LogP contribution in [0.2, 0.25) is 0 Å². The quantitative estimate of drug-likeness (QED) is 0.666. The molecule has 1 amide bonds. The number of carbonyl (C=O) groups excluding carboxylic acids is 1. The number of rotatable bonds is 8. The van der Waals surface area contributed by atoms with Gasteiger partial charge in [-0.15, -0.1) is 0 Å². The van der Waals surface area contributed by atoms with Crippen molar-refractivity contribution in [1.82, 2.24) is 25.0 Å². The average Bonchev–Trinajstić information content (AvgIpc) is 3.44.